The van der Waals surface area contributed by atoms with Crippen molar-refractivity contribution >= 4 is 11.6 Å². The number of hydrogen-bond acceptors (Lipinski definition) is 1. The normalized spacial score (nSPS) is 13.4. The Bertz CT molecular complexity index is 331. The van der Waals surface area contributed by atoms with Crippen molar-refractivity contribution < 1.29 is 0 Å². The van der Waals surface area contributed by atoms with Crippen LogP contribution in [0, 0.1) is 19.8 Å². The third-order valence-electron chi connectivity index (χ3n) is 2.69. The molecule has 1 aromatic carbocycles. The first-order valence-corrected chi connectivity index (χ1v) is 5.33. The zero-order chi connectivity index (χ0) is 10.9. The molecule has 0 fully saturated rings. The minimum absolute atomic E-state index is 0.0294. The van der Waals surface area contributed by atoms with Crippen LogP contribution in [0.3, 0.4) is 0 Å². The molecule has 0 spiro atoms. The maximum Gasteiger partial charge on any atom is 0.0456 e. The lowest BCUT2D eigenvalue weighted by atomic mass is 9.94. The molecule has 1 atom stereocenters. The average molecular weight is 212 g/mol. The third kappa shape index (κ3) is 2.28. The molecular formula is C12H18ClN. The Hall–Kier alpha value is -0.530. The van der Waals surface area contributed by atoms with Gasteiger partial charge in [-0.15, -0.1) is 0 Å². The first kappa shape index (κ1) is 11.5. The fraction of sp³-hybridized carbons (Fsp3) is 0.500. The summed E-state index contributed by atoms with van der Waals surface area (Å²) in [5.41, 5.74) is 9.60. The van der Waals surface area contributed by atoms with Crippen molar-refractivity contribution in [1.82, 2.24) is 0 Å². The van der Waals surface area contributed by atoms with Crippen LogP contribution < -0.4 is 5.73 Å². The molecule has 0 heterocycles. The first-order valence-electron chi connectivity index (χ1n) is 4.95. The number of halogens is 1. The molecule has 2 heteroatoms. The van der Waals surface area contributed by atoms with Gasteiger partial charge < -0.3 is 5.73 Å². The van der Waals surface area contributed by atoms with Gasteiger partial charge in [-0.2, -0.15) is 0 Å². The molecule has 1 rings (SSSR count). The van der Waals surface area contributed by atoms with E-state index in [2.05, 4.69) is 33.8 Å². The van der Waals surface area contributed by atoms with Gasteiger partial charge in [0, 0.05) is 11.1 Å². The molecule has 0 saturated heterocycles. The molecule has 0 aromatic heterocycles. The molecule has 0 aliphatic heterocycles. The van der Waals surface area contributed by atoms with Gasteiger partial charge in [0.2, 0.25) is 0 Å². The van der Waals surface area contributed by atoms with E-state index in [0.717, 1.165) is 10.6 Å². The van der Waals surface area contributed by atoms with Crippen LogP contribution in [0.4, 0.5) is 0 Å². The standard InChI is InChI=1S/C12H18ClN/c1-7(2)12(14)10-5-8(3)9(4)6-11(10)13/h5-7,12H,14H2,1-4H3. The summed E-state index contributed by atoms with van der Waals surface area (Å²) in [4.78, 5) is 0. The van der Waals surface area contributed by atoms with Gasteiger partial charge in [-0.3, -0.25) is 0 Å². The van der Waals surface area contributed by atoms with E-state index < -0.39 is 0 Å². The lowest BCUT2D eigenvalue weighted by Crippen LogP contribution is -2.17. The summed E-state index contributed by atoms with van der Waals surface area (Å²) in [5.74, 6) is 0.412. The highest BCUT2D eigenvalue weighted by Crippen LogP contribution is 2.28. The summed E-state index contributed by atoms with van der Waals surface area (Å²) in [6.45, 7) is 8.36. The van der Waals surface area contributed by atoms with Crippen molar-refractivity contribution in [3.8, 4) is 0 Å². The Morgan fingerprint density at radius 1 is 1.14 bits per heavy atom. The highest BCUT2D eigenvalue weighted by Gasteiger charge is 2.14. The maximum absolute atomic E-state index is 6.16. The summed E-state index contributed by atoms with van der Waals surface area (Å²) in [6.07, 6.45) is 0. The van der Waals surface area contributed by atoms with E-state index in [-0.39, 0.29) is 6.04 Å². The van der Waals surface area contributed by atoms with Crippen LogP contribution in [-0.2, 0) is 0 Å². The molecular weight excluding hydrogens is 194 g/mol. The van der Waals surface area contributed by atoms with Crippen LogP contribution in [0.25, 0.3) is 0 Å². The van der Waals surface area contributed by atoms with E-state index in [9.17, 15) is 0 Å². The van der Waals surface area contributed by atoms with Crippen LogP contribution in [0.15, 0.2) is 12.1 Å². The second kappa shape index (κ2) is 4.33. The number of nitrogens with two attached hydrogens (primary N) is 1. The van der Waals surface area contributed by atoms with E-state index in [4.69, 9.17) is 17.3 Å². The summed E-state index contributed by atoms with van der Waals surface area (Å²) in [7, 11) is 0. The van der Waals surface area contributed by atoms with Crippen molar-refractivity contribution in [3.63, 3.8) is 0 Å². The predicted octanol–water partition coefficient (Wildman–Crippen LogP) is 3.61. The topological polar surface area (TPSA) is 26.0 Å². The van der Waals surface area contributed by atoms with Crippen LogP contribution in [0.2, 0.25) is 5.02 Å². The second-order valence-corrected chi connectivity index (χ2v) is 4.63. The molecule has 0 aliphatic rings. The summed E-state index contributed by atoms with van der Waals surface area (Å²) < 4.78 is 0. The van der Waals surface area contributed by atoms with Crippen molar-refractivity contribution in [3.05, 3.63) is 33.8 Å². The van der Waals surface area contributed by atoms with Crippen LogP contribution in [0.5, 0.6) is 0 Å². The molecule has 1 unspecified atom stereocenters. The van der Waals surface area contributed by atoms with Gasteiger partial charge in [0.25, 0.3) is 0 Å². The number of aryl methyl sites for hydroxylation is 2. The Balaban J connectivity index is 3.15. The number of benzene rings is 1. The zero-order valence-corrected chi connectivity index (χ0v) is 10.0. The van der Waals surface area contributed by atoms with Crippen LogP contribution in [-0.4, -0.2) is 0 Å². The van der Waals surface area contributed by atoms with E-state index >= 15 is 0 Å². The van der Waals surface area contributed by atoms with E-state index in [0.29, 0.717) is 5.92 Å². The Kier molecular flexibility index (Phi) is 3.57. The molecule has 78 valence electrons. The zero-order valence-electron chi connectivity index (χ0n) is 9.26. The van der Waals surface area contributed by atoms with Crippen molar-refractivity contribution in [1.29, 1.82) is 0 Å². The van der Waals surface area contributed by atoms with Gasteiger partial charge in [0.1, 0.15) is 0 Å². The largest absolute Gasteiger partial charge is 0.324 e. The lowest BCUT2D eigenvalue weighted by molar-refractivity contribution is 0.514. The highest BCUT2D eigenvalue weighted by atomic mass is 35.5. The monoisotopic (exact) mass is 211 g/mol. The summed E-state index contributed by atoms with van der Waals surface area (Å²) >= 11 is 6.16. The van der Waals surface area contributed by atoms with Gasteiger partial charge in [-0.25, -0.2) is 0 Å². The smallest absolute Gasteiger partial charge is 0.0456 e. The molecule has 0 amide bonds. The molecule has 1 nitrogen and oxygen atoms in total. The predicted molar refractivity (Wildman–Crippen MR) is 62.7 cm³/mol. The summed E-state index contributed by atoms with van der Waals surface area (Å²) in [5, 5.41) is 0.786. The molecule has 0 bridgehead atoms. The highest BCUT2D eigenvalue weighted by molar-refractivity contribution is 6.31. The second-order valence-electron chi connectivity index (χ2n) is 4.23. The number of hydrogen-bond donors (Lipinski definition) is 1. The molecule has 1 aromatic rings. The number of rotatable bonds is 2. The van der Waals surface area contributed by atoms with E-state index in [1.54, 1.807) is 0 Å². The molecule has 0 radical (unpaired) electrons. The molecule has 2 N–H and O–H groups in total. The van der Waals surface area contributed by atoms with Crippen molar-refractivity contribution in [2.75, 3.05) is 0 Å². The van der Waals surface area contributed by atoms with Crippen LogP contribution in [0.1, 0.15) is 36.6 Å². The van der Waals surface area contributed by atoms with Crippen molar-refractivity contribution in [2.24, 2.45) is 11.7 Å². The van der Waals surface area contributed by atoms with Gasteiger partial charge in [-0.1, -0.05) is 31.5 Å². The van der Waals surface area contributed by atoms with Gasteiger partial charge >= 0.3 is 0 Å². The van der Waals surface area contributed by atoms with E-state index in [1.165, 1.54) is 11.1 Å². The van der Waals surface area contributed by atoms with Crippen molar-refractivity contribution in [2.45, 2.75) is 33.7 Å². The Labute approximate surface area is 91.3 Å². The first-order chi connectivity index (χ1) is 6.43. The Morgan fingerprint density at radius 2 is 1.64 bits per heavy atom. The fourth-order valence-electron chi connectivity index (χ4n) is 1.42. The van der Waals surface area contributed by atoms with Gasteiger partial charge in [0.15, 0.2) is 0 Å². The fourth-order valence-corrected chi connectivity index (χ4v) is 1.76. The lowest BCUT2D eigenvalue weighted by Gasteiger charge is -2.18. The average Bonchev–Trinajstić information content (AvgIpc) is 2.10. The van der Waals surface area contributed by atoms with E-state index in [1.807, 2.05) is 6.07 Å². The van der Waals surface area contributed by atoms with Gasteiger partial charge in [0.05, 0.1) is 0 Å². The van der Waals surface area contributed by atoms with Gasteiger partial charge in [-0.05, 0) is 42.5 Å². The quantitative estimate of drug-likeness (QED) is 0.795. The summed E-state index contributed by atoms with van der Waals surface area (Å²) in [6, 6.07) is 4.12. The molecule has 0 saturated carbocycles. The molecule has 0 aliphatic carbocycles. The SMILES string of the molecule is Cc1cc(Cl)c(C(N)C(C)C)cc1C. The minimum atomic E-state index is 0.0294. The Morgan fingerprint density at radius 3 is 2.14 bits per heavy atom. The minimum Gasteiger partial charge on any atom is -0.324 e. The molecule has 14 heavy (non-hydrogen) atoms. The van der Waals surface area contributed by atoms with Crippen LogP contribution >= 0.6 is 11.6 Å². The third-order valence-corrected chi connectivity index (χ3v) is 3.02. The maximum atomic E-state index is 6.16.